The highest BCUT2D eigenvalue weighted by Crippen LogP contribution is 2.52. The molecule has 6 rings (SSSR count). The number of rotatable bonds is 1. The summed E-state index contributed by atoms with van der Waals surface area (Å²) in [5.41, 5.74) is 10.7. The van der Waals surface area contributed by atoms with Gasteiger partial charge in [-0.2, -0.15) is 0 Å². The Morgan fingerprint density at radius 2 is 1.38 bits per heavy atom. The second-order valence-electron chi connectivity index (χ2n) is 8.74. The van der Waals surface area contributed by atoms with Crippen LogP contribution in [0.5, 0.6) is 0 Å². The number of fused-ring (bicyclic) bond motifs is 7. The predicted molar refractivity (Wildman–Crippen MR) is 123 cm³/mol. The van der Waals surface area contributed by atoms with Crippen molar-refractivity contribution in [3.05, 3.63) is 102 Å². The molecule has 0 saturated carbocycles. The van der Waals surface area contributed by atoms with Crippen LogP contribution in [0, 0.1) is 6.92 Å². The highest BCUT2D eigenvalue weighted by molar-refractivity contribution is 6.13. The highest BCUT2D eigenvalue weighted by Gasteiger charge is 2.38. The summed E-state index contributed by atoms with van der Waals surface area (Å²) in [7, 11) is 0. The molecule has 0 amide bonds. The first-order chi connectivity index (χ1) is 14.1. The monoisotopic (exact) mass is 373 g/mol. The second-order valence-corrected chi connectivity index (χ2v) is 8.74. The number of aromatic nitrogens is 1. The Morgan fingerprint density at radius 3 is 2.21 bits per heavy atom. The van der Waals surface area contributed by atoms with Crippen molar-refractivity contribution in [3.8, 4) is 16.8 Å². The quantitative estimate of drug-likeness (QED) is 0.288. The number of benzene rings is 4. The Balaban J connectivity index is 1.84. The summed E-state index contributed by atoms with van der Waals surface area (Å²) in [6.07, 6.45) is 0. The molecular weight excluding hydrogens is 350 g/mol. The smallest absolute Gasteiger partial charge is 0.0588 e. The van der Waals surface area contributed by atoms with Crippen LogP contribution in [0.25, 0.3) is 38.6 Å². The molecule has 29 heavy (non-hydrogen) atoms. The summed E-state index contributed by atoms with van der Waals surface area (Å²) in [5.74, 6) is 0. The number of para-hydroxylation sites is 1. The van der Waals surface area contributed by atoms with Crippen LogP contribution in [0.3, 0.4) is 0 Å². The van der Waals surface area contributed by atoms with Crippen molar-refractivity contribution < 1.29 is 0 Å². The number of nitrogens with zero attached hydrogens (tertiary/aromatic N) is 1. The van der Waals surface area contributed by atoms with Gasteiger partial charge >= 0.3 is 0 Å². The van der Waals surface area contributed by atoms with Crippen molar-refractivity contribution in [3.63, 3.8) is 0 Å². The maximum absolute atomic E-state index is 2.47. The zero-order valence-electron chi connectivity index (χ0n) is 17.0. The van der Waals surface area contributed by atoms with Gasteiger partial charge in [0.05, 0.1) is 11.0 Å². The van der Waals surface area contributed by atoms with E-state index in [4.69, 9.17) is 0 Å². The average Bonchev–Trinajstić information content (AvgIpc) is 3.19. The lowest BCUT2D eigenvalue weighted by Crippen LogP contribution is -2.16. The van der Waals surface area contributed by atoms with Crippen LogP contribution in [-0.2, 0) is 5.41 Å². The van der Waals surface area contributed by atoms with E-state index in [2.05, 4.69) is 110 Å². The van der Waals surface area contributed by atoms with Crippen molar-refractivity contribution in [2.45, 2.75) is 26.2 Å². The Kier molecular flexibility index (Phi) is 3.21. The van der Waals surface area contributed by atoms with Crippen LogP contribution in [-0.4, -0.2) is 4.57 Å². The molecule has 0 N–H and O–H groups in total. The fourth-order valence-corrected chi connectivity index (χ4v) is 5.27. The Labute approximate surface area is 171 Å². The predicted octanol–water partition coefficient (Wildman–Crippen LogP) is 7.40. The minimum Gasteiger partial charge on any atom is -0.309 e. The number of hydrogen-bond acceptors (Lipinski definition) is 0. The summed E-state index contributed by atoms with van der Waals surface area (Å²) in [5, 5.41) is 2.65. The highest BCUT2D eigenvalue weighted by atomic mass is 15.0. The van der Waals surface area contributed by atoms with Gasteiger partial charge in [0.1, 0.15) is 0 Å². The van der Waals surface area contributed by atoms with E-state index in [1.54, 1.807) is 0 Å². The van der Waals surface area contributed by atoms with Crippen LogP contribution in [0.15, 0.2) is 84.9 Å². The van der Waals surface area contributed by atoms with Crippen molar-refractivity contribution in [1.82, 2.24) is 4.57 Å². The third kappa shape index (κ3) is 2.10. The first-order valence-corrected chi connectivity index (χ1v) is 10.3. The molecule has 0 fully saturated rings. The van der Waals surface area contributed by atoms with E-state index >= 15 is 0 Å². The summed E-state index contributed by atoms with van der Waals surface area (Å²) in [4.78, 5) is 0. The van der Waals surface area contributed by atoms with Gasteiger partial charge in [0, 0.05) is 21.9 Å². The molecule has 1 aromatic heterocycles. The molecule has 4 aromatic carbocycles. The largest absolute Gasteiger partial charge is 0.309 e. The number of hydrogen-bond donors (Lipinski definition) is 0. The van der Waals surface area contributed by atoms with Crippen molar-refractivity contribution in [2.24, 2.45) is 0 Å². The molecule has 0 unspecified atom stereocenters. The first kappa shape index (κ1) is 16.6. The van der Waals surface area contributed by atoms with Crippen LogP contribution in [0.4, 0.5) is 0 Å². The van der Waals surface area contributed by atoms with Gasteiger partial charge in [-0.3, -0.25) is 0 Å². The second kappa shape index (κ2) is 5.61. The molecule has 1 nitrogen and oxygen atoms in total. The molecule has 1 aliphatic carbocycles. The molecule has 1 heteroatoms. The van der Waals surface area contributed by atoms with E-state index in [-0.39, 0.29) is 5.41 Å². The molecule has 0 radical (unpaired) electrons. The maximum atomic E-state index is 2.47. The molecule has 1 heterocycles. The molecule has 140 valence electrons. The fraction of sp³-hybridized carbons (Fsp3) is 0.143. The zero-order valence-corrected chi connectivity index (χ0v) is 17.0. The van der Waals surface area contributed by atoms with Gasteiger partial charge in [-0.05, 0) is 47.4 Å². The van der Waals surface area contributed by atoms with Gasteiger partial charge in [-0.15, -0.1) is 0 Å². The van der Waals surface area contributed by atoms with E-state index in [0.29, 0.717) is 0 Å². The third-order valence-corrected chi connectivity index (χ3v) is 6.64. The lowest BCUT2D eigenvalue weighted by molar-refractivity contribution is 0.664. The molecule has 0 spiro atoms. The molecule has 0 atom stereocenters. The van der Waals surface area contributed by atoms with E-state index in [1.807, 2.05) is 0 Å². The van der Waals surface area contributed by atoms with E-state index < -0.39 is 0 Å². The van der Waals surface area contributed by atoms with E-state index in [9.17, 15) is 0 Å². The maximum Gasteiger partial charge on any atom is 0.0588 e. The topological polar surface area (TPSA) is 4.93 Å². The average molecular weight is 373 g/mol. The molecule has 0 saturated heterocycles. The van der Waals surface area contributed by atoms with Crippen LogP contribution < -0.4 is 0 Å². The minimum absolute atomic E-state index is 0.0394. The molecule has 0 aliphatic heterocycles. The molecule has 1 aliphatic rings. The standard InChI is InChI=1S/C28H23N/c1-18-12-14-19(15-13-18)29-25-11-7-5-9-21(25)23-17-16-22-20-8-4-6-10-24(20)28(2,3)26(22)27(23)29/h4-17H,1-3H3. The molecular formula is C28H23N. The van der Waals surface area contributed by atoms with Gasteiger partial charge in [0.15, 0.2) is 0 Å². The first-order valence-electron chi connectivity index (χ1n) is 10.3. The van der Waals surface area contributed by atoms with Crippen LogP contribution >= 0.6 is 0 Å². The molecule has 5 aromatic rings. The lowest BCUT2D eigenvalue weighted by atomic mass is 9.81. The minimum atomic E-state index is -0.0394. The zero-order chi connectivity index (χ0) is 19.8. The summed E-state index contributed by atoms with van der Waals surface area (Å²) in [6.45, 7) is 6.88. The van der Waals surface area contributed by atoms with E-state index in [1.165, 1.54) is 55.3 Å². The van der Waals surface area contributed by atoms with Crippen molar-refractivity contribution >= 4 is 21.8 Å². The number of aryl methyl sites for hydroxylation is 1. The Morgan fingerprint density at radius 1 is 0.655 bits per heavy atom. The van der Waals surface area contributed by atoms with E-state index in [0.717, 1.165) is 0 Å². The van der Waals surface area contributed by atoms with Gasteiger partial charge in [-0.25, -0.2) is 0 Å². The van der Waals surface area contributed by atoms with Crippen LogP contribution in [0.2, 0.25) is 0 Å². The van der Waals surface area contributed by atoms with Crippen LogP contribution in [0.1, 0.15) is 30.5 Å². The Hall–Kier alpha value is -3.32. The summed E-state index contributed by atoms with van der Waals surface area (Å²) >= 11 is 0. The lowest BCUT2D eigenvalue weighted by Gasteiger charge is -2.23. The van der Waals surface area contributed by atoms with Crippen molar-refractivity contribution in [2.75, 3.05) is 0 Å². The summed E-state index contributed by atoms with van der Waals surface area (Å²) < 4.78 is 2.47. The van der Waals surface area contributed by atoms with Gasteiger partial charge in [0.25, 0.3) is 0 Å². The van der Waals surface area contributed by atoms with Gasteiger partial charge in [-0.1, -0.05) is 86.1 Å². The third-order valence-electron chi connectivity index (χ3n) is 6.64. The van der Waals surface area contributed by atoms with Gasteiger partial charge < -0.3 is 4.57 Å². The van der Waals surface area contributed by atoms with Crippen molar-refractivity contribution in [1.29, 1.82) is 0 Å². The van der Waals surface area contributed by atoms with Gasteiger partial charge in [0.2, 0.25) is 0 Å². The SMILES string of the molecule is Cc1ccc(-n2c3ccccc3c3ccc4c(c32)C(C)(C)c2ccccc2-4)cc1. The fourth-order valence-electron chi connectivity index (χ4n) is 5.27. The Bertz CT molecular complexity index is 1410. The molecule has 0 bridgehead atoms. The summed E-state index contributed by atoms with van der Waals surface area (Å²) in [6, 6.07) is 31.2. The normalized spacial score (nSPS) is 14.3.